The minimum absolute atomic E-state index is 0.0409. The number of fused-ring (bicyclic) bond motifs is 14. The van der Waals surface area contributed by atoms with Crippen LogP contribution in [0.4, 0.5) is 17.1 Å². The number of hydrogen-bond acceptors (Lipinski definition) is 1. The monoisotopic (exact) mass is 1150 g/mol. The Kier molecular flexibility index (Phi) is 11.9. The molecule has 0 N–H and O–H groups in total. The molecule has 0 aliphatic carbocycles. The number of rotatable bonds is 7. The summed E-state index contributed by atoms with van der Waals surface area (Å²) in [5, 5.41) is 11.6. The van der Waals surface area contributed by atoms with Crippen molar-refractivity contribution in [1.82, 2.24) is 9.13 Å². The summed E-state index contributed by atoms with van der Waals surface area (Å²) >= 11 is 0. The number of hydrogen-bond donors (Lipinski definition) is 0. The van der Waals surface area contributed by atoms with Gasteiger partial charge in [-0.25, -0.2) is 0 Å². The van der Waals surface area contributed by atoms with Gasteiger partial charge in [-0.05, 0) is 199 Å². The van der Waals surface area contributed by atoms with Crippen LogP contribution in [0.1, 0.15) is 207 Å². The fourth-order valence-electron chi connectivity index (χ4n) is 16.1. The van der Waals surface area contributed by atoms with E-state index in [2.05, 4.69) is 298 Å². The SMILES string of the molecule is CC(C)c1cccc(N(c2cc(C(C)C)cc(C(C)C)c2)c2ccc3c4c2c2cc(C(C)C)ccc2n4-c2ccc4c5c2B3c2cc(C(C)(C)C)cc3c6cc(C(C)(C)C)cc(c6n-5c23)[Si]42c3cc(C(C)(C)C)ccc3-c3ccc(C(C)(C)C)cc32)c1. The summed E-state index contributed by atoms with van der Waals surface area (Å²) in [6.45, 7) is 47.8. The van der Waals surface area contributed by atoms with Crippen molar-refractivity contribution in [2.24, 2.45) is 0 Å². The summed E-state index contributed by atoms with van der Waals surface area (Å²) in [6, 6.07) is 60.8. The molecular formula is C82H88BN3Si. The van der Waals surface area contributed by atoms with Crippen molar-refractivity contribution in [2.75, 3.05) is 4.90 Å². The summed E-state index contributed by atoms with van der Waals surface area (Å²) in [5.74, 6) is 1.46. The summed E-state index contributed by atoms with van der Waals surface area (Å²) in [7, 11) is -3.21. The average Bonchev–Trinajstić information content (AvgIpc) is 1.55. The molecule has 0 radical (unpaired) electrons. The van der Waals surface area contributed by atoms with Gasteiger partial charge in [-0.3, -0.25) is 0 Å². The summed E-state index contributed by atoms with van der Waals surface area (Å²) < 4.78 is 5.61. The highest BCUT2D eigenvalue weighted by atomic mass is 28.3. The molecule has 438 valence electrons. The average molecular weight is 1150 g/mol. The van der Waals surface area contributed by atoms with E-state index < -0.39 is 8.07 Å². The van der Waals surface area contributed by atoms with Crippen molar-refractivity contribution < 1.29 is 0 Å². The lowest BCUT2D eigenvalue weighted by molar-refractivity contribution is 0.590. The molecule has 0 saturated carbocycles. The Morgan fingerprint density at radius 1 is 0.391 bits per heavy atom. The van der Waals surface area contributed by atoms with E-state index in [1.807, 2.05) is 0 Å². The van der Waals surface area contributed by atoms with Gasteiger partial charge in [0.15, 0.2) is 8.07 Å². The number of nitrogens with zero attached hydrogens (tertiary/aromatic N) is 3. The van der Waals surface area contributed by atoms with Crippen LogP contribution >= 0.6 is 0 Å². The quantitative estimate of drug-likeness (QED) is 0.145. The second kappa shape index (κ2) is 18.4. The van der Waals surface area contributed by atoms with Gasteiger partial charge in [-0.15, -0.1) is 0 Å². The van der Waals surface area contributed by atoms with Crippen molar-refractivity contribution in [3.05, 3.63) is 190 Å². The van der Waals surface area contributed by atoms with E-state index in [1.54, 1.807) is 15.6 Å². The molecule has 0 saturated heterocycles. The van der Waals surface area contributed by atoms with Crippen molar-refractivity contribution in [2.45, 2.75) is 184 Å². The molecule has 15 rings (SSSR count). The van der Waals surface area contributed by atoms with Gasteiger partial charge in [0.25, 0.3) is 6.71 Å². The van der Waals surface area contributed by atoms with Gasteiger partial charge in [0.05, 0.1) is 22.2 Å². The molecule has 0 fully saturated rings. The van der Waals surface area contributed by atoms with Crippen molar-refractivity contribution in [3.63, 3.8) is 0 Å². The zero-order valence-electron chi connectivity index (χ0n) is 55.6. The lowest BCUT2D eigenvalue weighted by atomic mass is 9.34. The van der Waals surface area contributed by atoms with Gasteiger partial charge in [-0.1, -0.05) is 223 Å². The third-order valence-electron chi connectivity index (χ3n) is 21.2. The fourth-order valence-corrected chi connectivity index (χ4v) is 21.7. The molecule has 11 aromatic rings. The van der Waals surface area contributed by atoms with Crippen LogP contribution in [0.3, 0.4) is 0 Å². The maximum absolute atomic E-state index is 3.21. The van der Waals surface area contributed by atoms with Crippen LogP contribution in [0.2, 0.25) is 0 Å². The Morgan fingerprint density at radius 3 is 1.51 bits per heavy atom. The van der Waals surface area contributed by atoms with E-state index in [0.717, 1.165) is 0 Å². The third kappa shape index (κ3) is 7.79. The maximum atomic E-state index is 2.85. The largest absolute Gasteiger partial charge is 0.310 e. The van der Waals surface area contributed by atoms with Crippen LogP contribution in [0, 0.1) is 0 Å². The van der Waals surface area contributed by atoms with Gasteiger partial charge in [0.2, 0.25) is 0 Å². The Morgan fingerprint density at radius 2 is 0.931 bits per heavy atom. The Hall–Kier alpha value is -7.34. The molecule has 1 spiro atoms. The zero-order chi connectivity index (χ0) is 61.4. The number of benzene rings is 9. The number of anilines is 3. The van der Waals surface area contributed by atoms with Crippen molar-refractivity contribution in [1.29, 1.82) is 0 Å². The second-order valence-electron chi connectivity index (χ2n) is 32.2. The van der Waals surface area contributed by atoms with Crippen LogP contribution < -0.4 is 42.0 Å². The highest BCUT2D eigenvalue weighted by Gasteiger charge is 2.57. The summed E-state index contributed by atoms with van der Waals surface area (Å²) in [5.41, 5.74) is 29.6. The first kappa shape index (κ1) is 56.2. The predicted octanol–water partition coefficient (Wildman–Crippen LogP) is 17.8. The molecule has 87 heavy (non-hydrogen) atoms. The van der Waals surface area contributed by atoms with Crippen LogP contribution in [0.15, 0.2) is 146 Å². The lowest BCUT2D eigenvalue weighted by Gasteiger charge is -2.43. The van der Waals surface area contributed by atoms with Gasteiger partial charge in [0, 0.05) is 49.8 Å². The third-order valence-corrected chi connectivity index (χ3v) is 26.0. The van der Waals surface area contributed by atoms with E-state index in [4.69, 9.17) is 0 Å². The van der Waals surface area contributed by atoms with Crippen molar-refractivity contribution >= 4 is 113 Å². The molecule has 9 aromatic carbocycles. The van der Waals surface area contributed by atoms with E-state index in [9.17, 15) is 0 Å². The summed E-state index contributed by atoms with van der Waals surface area (Å²) in [6.07, 6.45) is 0. The second-order valence-corrected chi connectivity index (χ2v) is 35.9. The molecule has 4 aliphatic heterocycles. The molecule has 4 aliphatic rings. The van der Waals surface area contributed by atoms with Gasteiger partial charge in [0.1, 0.15) is 0 Å². The zero-order valence-corrected chi connectivity index (χ0v) is 56.6. The lowest BCUT2D eigenvalue weighted by Crippen LogP contribution is -2.77. The molecular weight excluding hydrogens is 1070 g/mol. The number of aromatic nitrogens is 2. The normalized spacial score (nSPS) is 14.7. The molecule has 5 heteroatoms. The first-order valence-corrected chi connectivity index (χ1v) is 34.8. The molecule has 6 heterocycles. The van der Waals surface area contributed by atoms with Crippen molar-refractivity contribution in [3.8, 4) is 22.5 Å². The smallest absolute Gasteiger partial charge is 0.252 e. The molecule has 2 aromatic heterocycles. The molecule has 0 amide bonds. The Balaban J connectivity index is 1.16. The molecule has 3 nitrogen and oxygen atoms in total. The fraction of sp³-hybridized carbons (Fsp3) is 0.341. The van der Waals surface area contributed by atoms with E-state index in [1.165, 1.54) is 149 Å². The van der Waals surface area contributed by atoms with Gasteiger partial charge in [-0.2, -0.15) is 0 Å². The Bertz CT molecular complexity index is 4720. The first-order chi connectivity index (χ1) is 41.0. The van der Waals surface area contributed by atoms with Crippen LogP contribution in [-0.4, -0.2) is 23.9 Å². The van der Waals surface area contributed by atoms with Crippen LogP contribution in [-0.2, 0) is 21.7 Å². The highest BCUT2D eigenvalue weighted by molar-refractivity contribution is 7.24. The van der Waals surface area contributed by atoms with Gasteiger partial charge >= 0.3 is 0 Å². The maximum Gasteiger partial charge on any atom is 0.252 e. The molecule has 0 unspecified atom stereocenters. The van der Waals surface area contributed by atoms with E-state index >= 15 is 0 Å². The van der Waals surface area contributed by atoms with Crippen LogP contribution in [0.25, 0.3) is 66.1 Å². The topological polar surface area (TPSA) is 13.1 Å². The predicted molar refractivity (Wildman–Crippen MR) is 382 cm³/mol. The first-order valence-electron chi connectivity index (χ1n) is 32.8. The van der Waals surface area contributed by atoms with Gasteiger partial charge < -0.3 is 14.0 Å². The van der Waals surface area contributed by atoms with Crippen LogP contribution in [0.5, 0.6) is 0 Å². The standard InChI is InChI=1S/C82H88BN3Si/c1-45(2)49-22-21-23-57(35-49)84(58-36-51(47(5)6)34-52(37-58)48(7)8)67-31-29-64-77-73(67)63-38-50(46(3)4)24-30-66(63)85(77)68-32-33-69-78-74(68)83(64)65-41-55(81(15,16)17)39-61-62-40-56(82(18,19)20)44-72(76(62)86(78)75(61)65)87(69)70-42-53(79(9,10)11)25-27-59(70)60-28-26-54(43-71(60)87)80(12,13)14/h21-48H,1-20H3. The summed E-state index contributed by atoms with van der Waals surface area (Å²) in [4.78, 5) is 2.64. The minimum Gasteiger partial charge on any atom is -0.310 e. The van der Waals surface area contributed by atoms with E-state index in [0.29, 0.717) is 23.7 Å². The van der Waals surface area contributed by atoms with E-state index in [-0.39, 0.29) is 28.4 Å². The Labute approximate surface area is 519 Å². The molecule has 0 atom stereocenters. The minimum atomic E-state index is -3.21. The highest BCUT2D eigenvalue weighted by Crippen LogP contribution is 2.50. The molecule has 0 bridgehead atoms.